The van der Waals surface area contributed by atoms with Crippen molar-refractivity contribution in [2.45, 2.75) is 52.7 Å². The van der Waals surface area contributed by atoms with E-state index in [0.29, 0.717) is 6.61 Å². The number of hydrogen-bond donors (Lipinski definition) is 0. The monoisotopic (exact) mass is 316 g/mol. The van der Waals surface area contributed by atoms with Gasteiger partial charge in [-0.2, -0.15) is 0 Å². The molecule has 0 aromatic heterocycles. The predicted octanol–water partition coefficient (Wildman–Crippen LogP) is 4.61. The van der Waals surface area contributed by atoms with Crippen LogP contribution >= 0.6 is 0 Å². The summed E-state index contributed by atoms with van der Waals surface area (Å²) < 4.78 is 11.6. The molecule has 2 rings (SSSR count). The van der Waals surface area contributed by atoms with Crippen LogP contribution in [0, 0.1) is 18.8 Å². The maximum atomic E-state index is 12.3. The fraction of sp³-hybridized carbons (Fsp3) is 0.550. The number of esters is 1. The molecular weight excluding hydrogens is 288 g/mol. The summed E-state index contributed by atoms with van der Waals surface area (Å²) >= 11 is 0. The normalized spacial score (nSPS) is 27.5. The van der Waals surface area contributed by atoms with Gasteiger partial charge in [0.25, 0.3) is 0 Å². The van der Waals surface area contributed by atoms with E-state index in [9.17, 15) is 4.79 Å². The van der Waals surface area contributed by atoms with Crippen LogP contribution in [0.4, 0.5) is 0 Å². The summed E-state index contributed by atoms with van der Waals surface area (Å²) in [5, 5.41) is 0. The molecule has 1 heterocycles. The van der Waals surface area contributed by atoms with E-state index >= 15 is 0 Å². The Bertz CT molecular complexity index is 547. The zero-order valence-corrected chi connectivity index (χ0v) is 14.7. The van der Waals surface area contributed by atoms with Gasteiger partial charge < -0.3 is 9.47 Å². The minimum absolute atomic E-state index is 0.0382. The van der Waals surface area contributed by atoms with Crippen molar-refractivity contribution in [2.75, 3.05) is 6.61 Å². The van der Waals surface area contributed by atoms with Gasteiger partial charge in [0.15, 0.2) is 0 Å². The second kappa shape index (κ2) is 7.78. The van der Waals surface area contributed by atoms with Crippen molar-refractivity contribution in [3.05, 3.63) is 47.5 Å². The third kappa shape index (κ3) is 4.03. The van der Waals surface area contributed by atoms with E-state index in [2.05, 4.69) is 44.7 Å². The molecule has 3 nitrogen and oxygen atoms in total. The lowest BCUT2D eigenvalue weighted by atomic mass is 9.77. The zero-order chi connectivity index (χ0) is 17.0. The molecule has 23 heavy (non-hydrogen) atoms. The highest BCUT2D eigenvalue weighted by atomic mass is 16.5. The van der Waals surface area contributed by atoms with E-state index in [1.165, 1.54) is 5.56 Å². The van der Waals surface area contributed by atoms with Crippen LogP contribution in [0.2, 0.25) is 0 Å². The summed E-state index contributed by atoms with van der Waals surface area (Å²) in [6, 6.07) is 8.44. The summed E-state index contributed by atoms with van der Waals surface area (Å²) in [5.41, 5.74) is 3.44. The van der Waals surface area contributed by atoms with Crippen LogP contribution in [0.15, 0.2) is 36.4 Å². The maximum absolute atomic E-state index is 12.3. The Kier molecular flexibility index (Phi) is 6.00. The van der Waals surface area contributed by atoms with Crippen LogP contribution in [0.1, 0.15) is 50.8 Å². The van der Waals surface area contributed by atoms with Gasteiger partial charge in [0.05, 0.1) is 24.7 Å². The second-order valence-electron chi connectivity index (χ2n) is 6.46. The summed E-state index contributed by atoms with van der Waals surface area (Å²) in [6.45, 7) is 12.5. The predicted molar refractivity (Wildman–Crippen MR) is 92.1 cm³/mol. The highest BCUT2D eigenvalue weighted by Crippen LogP contribution is 2.43. The average molecular weight is 316 g/mol. The number of aryl methyl sites for hydroxylation is 1. The van der Waals surface area contributed by atoms with E-state index in [1.54, 1.807) is 0 Å². The van der Waals surface area contributed by atoms with Gasteiger partial charge in [-0.15, -0.1) is 0 Å². The van der Waals surface area contributed by atoms with Gasteiger partial charge in [-0.25, -0.2) is 0 Å². The first-order valence-electron chi connectivity index (χ1n) is 8.51. The minimum atomic E-state index is -0.205. The summed E-state index contributed by atoms with van der Waals surface area (Å²) in [5.74, 6) is -0.216. The molecule has 1 aliphatic heterocycles. The molecule has 0 aliphatic carbocycles. The van der Waals surface area contributed by atoms with Gasteiger partial charge >= 0.3 is 5.97 Å². The second-order valence-corrected chi connectivity index (χ2v) is 6.46. The molecule has 0 unspecified atom stereocenters. The third-order valence-electron chi connectivity index (χ3n) is 4.67. The zero-order valence-electron chi connectivity index (χ0n) is 14.7. The Morgan fingerprint density at radius 2 is 1.91 bits per heavy atom. The fourth-order valence-electron chi connectivity index (χ4n) is 3.33. The highest BCUT2D eigenvalue weighted by molar-refractivity contribution is 5.73. The van der Waals surface area contributed by atoms with Crippen LogP contribution in [0.3, 0.4) is 0 Å². The molecule has 0 spiro atoms. The van der Waals surface area contributed by atoms with Crippen LogP contribution in [-0.4, -0.2) is 18.7 Å². The van der Waals surface area contributed by atoms with Gasteiger partial charge in [0, 0.05) is 5.92 Å². The molecule has 3 heteroatoms. The van der Waals surface area contributed by atoms with Gasteiger partial charge in [-0.3, -0.25) is 4.79 Å². The Balaban J connectivity index is 2.28. The Morgan fingerprint density at radius 1 is 1.26 bits per heavy atom. The molecule has 1 aromatic rings. The summed E-state index contributed by atoms with van der Waals surface area (Å²) in [4.78, 5) is 12.3. The van der Waals surface area contributed by atoms with Crippen molar-refractivity contribution in [3.8, 4) is 0 Å². The van der Waals surface area contributed by atoms with Gasteiger partial charge in [-0.05, 0) is 39.2 Å². The van der Waals surface area contributed by atoms with Gasteiger partial charge in [0.1, 0.15) is 0 Å². The molecule has 4 atom stereocenters. The van der Waals surface area contributed by atoms with Crippen LogP contribution in [0.5, 0.6) is 0 Å². The molecule has 0 amide bonds. The fourth-order valence-corrected chi connectivity index (χ4v) is 3.33. The quantitative estimate of drug-likeness (QED) is 0.588. The number of carbonyl (C=O) groups is 1. The molecular formula is C20H28O3. The molecule has 1 fully saturated rings. The van der Waals surface area contributed by atoms with E-state index in [1.807, 2.05) is 13.8 Å². The molecule has 1 aromatic carbocycles. The van der Waals surface area contributed by atoms with Crippen molar-refractivity contribution in [1.82, 2.24) is 0 Å². The Hall–Kier alpha value is -1.61. The van der Waals surface area contributed by atoms with E-state index < -0.39 is 0 Å². The Labute approximate surface area is 139 Å². The Morgan fingerprint density at radius 3 is 2.43 bits per heavy atom. The standard InChI is InChI=1S/C20H28O3/c1-6-18-17(20(21)22-7-2)12-16(13(3)4)19(23-18)15-10-8-14(5)9-11-15/h8-11,16-19H,3,6-7,12H2,1-2,4-5H3/t16-,17-,18+,19-/m0/s1. The first kappa shape index (κ1) is 17.7. The summed E-state index contributed by atoms with van der Waals surface area (Å²) in [6.07, 6.45) is 1.40. The summed E-state index contributed by atoms with van der Waals surface area (Å²) in [7, 11) is 0. The molecule has 0 radical (unpaired) electrons. The van der Waals surface area contributed by atoms with Crippen molar-refractivity contribution in [3.63, 3.8) is 0 Å². The lowest BCUT2D eigenvalue weighted by Gasteiger charge is -2.41. The van der Waals surface area contributed by atoms with Gasteiger partial charge in [0.2, 0.25) is 0 Å². The van der Waals surface area contributed by atoms with Crippen molar-refractivity contribution in [2.24, 2.45) is 11.8 Å². The molecule has 1 saturated heterocycles. The van der Waals surface area contributed by atoms with Crippen LogP contribution < -0.4 is 0 Å². The minimum Gasteiger partial charge on any atom is -0.466 e. The highest BCUT2D eigenvalue weighted by Gasteiger charge is 2.42. The first-order valence-corrected chi connectivity index (χ1v) is 8.51. The maximum Gasteiger partial charge on any atom is 0.311 e. The van der Waals surface area contributed by atoms with Crippen molar-refractivity contribution >= 4 is 5.97 Å². The molecule has 126 valence electrons. The van der Waals surface area contributed by atoms with E-state index in [0.717, 1.165) is 24.0 Å². The third-order valence-corrected chi connectivity index (χ3v) is 4.67. The van der Waals surface area contributed by atoms with Crippen LogP contribution in [-0.2, 0) is 14.3 Å². The number of hydrogen-bond acceptors (Lipinski definition) is 3. The van der Waals surface area contributed by atoms with Gasteiger partial charge in [-0.1, -0.05) is 48.9 Å². The molecule has 0 N–H and O–H groups in total. The SMILES string of the molecule is C=C(C)[C@@H]1C[C@H](C(=O)OCC)[C@@H](CC)O[C@H]1c1ccc(C)cc1. The molecule has 1 aliphatic rings. The van der Waals surface area contributed by atoms with Crippen molar-refractivity contribution in [1.29, 1.82) is 0 Å². The number of ether oxygens (including phenoxy) is 2. The molecule has 0 saturated carbocycles. The number of rotatable bonds is 5. The largest absolute Gasteiger partial charge is 0.466 e. The number of carbonyl (C=O) groups excluding carboxylic acids is 1. The lowest BCUT2D eigenvalue weighted by molar-refractivity contribution is -0.168. The average Bonchev–Trinajstić information content (AvgIpc) is 2.54. The number of benzene rings is 1. The first-order chi connectivity index (χ1) is 11.0. The van der Waals surface area contributed by atoms with E-state index in [-0.39, 0.29) is 30.0 Å². The smallest absolute Gasteiger partial charge is 0.311 e. The molecule has 0 bridgehead atoms. The van der Waals surface area contributed by atoms with E-state index in [4.69, 9.17) is 9.47 Å². The topological polar surface area (TPSA) is 35.5 Å². The lowest BCUT2D eigenvalue weighted by Crippen LogP contribution is -2.41. The van der Waals surface area contributed by atoms with Crippen molar-refractivity contribution < 1.29 is 14.3 Å². The van der Waals surface area contributed by atoms with Crippen LogP contribution in [0.25, 0.3) is 0 Å².